The van der Waals surface area contributed by atoms with Crippen molar-refractivity contribution in [2.24, 2.45) is 0 Å². The van der Waals surface area contributed by atoms with E-state index in [0.717, 1.165) is 48.0 Å². The van der Waals surface area contributed by atoms with Crippen LogP contribution < -0.4 is 10.2 Å². The minimum atomic E-state index is 0.291. The summed E-state index contributed by atoms with van der Waals surface area (Å²) in [5.74, 6) is 0.944. The minimum Gasteiger partial charge on any atom is -0.366 e. The van der Waals surface area contributed by atoms with Gasteiger partial charge in [0, 0.05) is 17.9 Å². The predicted octanol–water partition coefficient (Wildman–Crippen LogP) is 1.55. The number of morpholine rings is 1. The number of ether oxygens (including phenoxy) is 1. The lowest BCUT2D eigenvalue weighted by Crippen LogP contribution is -3.13. The summed E-state index contributed by atoms with van der Waals surface area (Å²) in [4.78, 5) is 1.60. The van der Waals surface area contributed by atoms with E-state index < -0.39 is 0 Å². The van der Waals surface area contributed by atoms with Gasteiger partial charge in [-0.15, -0.1) is 10.2 Å². The van der Waals surface area contributed by atoms with Crippen molar-refractivity contribution in [2.75, 3.05) is 37.3 Å². The zero-order chi connectivity index (χ0) is 15.9. The second-order valence-electron chi connectivity index (χ2n) is 5.57. The molecule has 1 aromatic heterocycles. The Kier molecular flexibility index (Phi) is 6.27. The molecular weight excluding hydrogens is 328 g/mol. The Morgan fingerprint density at radius 3 is 3.04 bits per heavy atom. The number of thioether (sulfide) groups is 1. The summed E-state index contributed by atoms with van der Waals surface area (Å²) in [6.45, 7) is 7.00. The van der Waals surface area contributed by atoms with Crippen LogP contribution in [-0.2, 0) is 11.3 Å². The van der Waals surface area contributed by atoms with Crippen molar-refractivity contribution in [1.82, 2.24) is 10.2 Å². The molecule has 1 aromatic carbocycles. The molecule has 3 rings (SSSR count). The first-order valence-corrected chi connectivity index (χ1v) is 9.83. The van der Waals surface area contributed by atoms with E-state index in [9.17, 15) is 0 Å². The van der Waals surface area contributed by atoms with Gasteiger partial charge in [0.1, 0.15) is 25.7 Å². The van der Waals surface area contributed by atoms with Crippen LogP contribution in [0.3, 0.4) is 0 Å². The van der Waals surface area contributed by atoms with Gasteiger partial charge in [-0.2, -0.15) is 0 Å². The number of nitrogens with one attached hydrogen (secondary N) is 2. The third-order valence-corrected chi connectivity index (χ3v) is 5.90. The van der Waals surface area contributed by atoms with Gasteiger partial charge in [0.25, 0.3) is 0 Å². The highest BCUT2D eigenvalue weighted by Gasteiger charge is 2.24. The SMILES string of the molecule is CCNc1nnc(SC[C@H]2C[NH+](Cc3ccccc3)CCO2)s1. The number of hydrogen-bond donors (Lipinski definition) is 2. The zero-order valence-corrected chi connectivity index (χ0v) is 15.0. The van der Waals surface area contributed by atoms with Crippen LogP contribution >= 0.6 is 23.1 Å². The average molecular weight is 352 g/mol. The highest BCUT2D eigenvalue weighted by atomic mass is 32.2. The molecule has 23 heavy (non-hydrogen) atoms. The van der Waals surface area contributed by atoms with Crippen molar-refractivity contribution >= 4 is 28.2 Å². The first-order valence-electron chi connectivity index (χ1n) is 8.02. The lowest BCUT2D eigenvalue weighted by atomic mass is 10.2. The molecular formula is C16H23N4OS2+. The number of hydrogen-bond acceptors (Lipinski definition) is 6. The summed E-state index contributed by atoms with van der Waals surface area (Å²) in [5, 5.41) is 12.4. The molecule has 2 heterocycles. The van der Waals surface area contributed by atoms with Crippen LogP contribution in [0.15, 0.2) is 34.7 Å². The topological polar surface area (TPSA) is 51.5 Å². The molecule has 0 bridgehead atoms. The Morgan fingerprint density at radius 1 is 1.35 bits per heavy atom. The number of aromatic nitrogens is 2. The van der Waals surface area contributed by atoms with E-state index >= 15 is 0 Å². The Morgan fingerprint density at radius 2 is 2.22 bits per heavy atom. The summed E-state index contributed by atoms with van der Waals surface area (Å²) in [6.07, 6.45) is 0.291. The standard InChI is InChI=1S/C16H22N4OS2/c1-2-17-15-18-19-16(23-15)22-12-14-11-20(8-9-21-14)10-13-6-4-3-5-7-13/h3-7,14H,2,8-12H2,1H3,(H,17,18)/p+1/t14-/m1/s1. The first kappa shape index (κ1) is 16.7. The highest BCUT2D eigenvalue weighted by Crippen LogP contribution is 2.26. The van der Waals surface area contributed by atoms with Crippen molar-refractivity contribution in [2.45, 2.75) is 23.9 Å². The fraction of sp³-hybridized carbons (Fsp3) is 0.500. The molecule has 0 spiro atoms. The van der Waals surface area contributed by atoms with Crippen LogP contribution in [0.1, 0.15) is 12.5 Å². The number of rotatable bonds is 7. The smallest absolute Gasteiger partial charge is 0.206 e. The molecule has 5 nitrogen and oxygen atoms in total. The van der Waals surface area contributed by atoms with Gasteiger partial charge in [0.05, 0.1) is 6.61 Å². The van der Waals surface area contributed by atoms with Crippen LogP contribution in [-0.4, -0.2) is 48.3 Å². The molecule has 1 saturated heterocycles. The molecule has 2 atom stereocenters. The van der Waals surface area contributed by atoms with Crippen LogP contribution in [0.25, 0.3) is 0 Å². The molecule has 0 radical (unpaired) electrons. The number of anilines is 1. The van der Waals surface area contributed by atoms with E-state index in [0.29, 0.717) is 6.10 Å². The highest BCUT2D eigenvalue weighted by molar-refractivity contribution is 8.01. The Balaban J connectivity index is 1.46. The van der Waals surface area contributed by atoms with E-state index in [1.807, 2.05) is 0 Å². The number of benzene rings is 1. The summed E-state index contributed by atoms with van der Waals surface area (Å²) in [7, 11) is 0. The Hall–Kier alpha value is -1.15. The van der Waals surface area contributed by atoms with Gasteiger partial charge in [-0.1, -0.05) is 53.4 Å². The molecule has 1 aliphatic rings. The van der Waals surface area contributed by atoms with Gasteiger partial charge in [0.2, 0.25) is 5.13 Å². The predicted molar refractivity (Wildman–Crippen MR) is 95.4 cm³/mol. The maximum atomic E-state index is 5.92. The van der Waals surface area contributed by atoms with Crippen molar-refractivity contribution in [3.8, 4) is 0 Å². The van der Waals surface area contributed by atoms with Crippen molar-refractivity contribution in [3.05, 3.63) is 35.9 Å². The van der Waals surface area contributed by atoms with Crippen molar-refractivity contribution in [1.29, 1.82) is 0 Å². The first-order chi connectivity index (χ1) is 11.3. The normalized spacial score (nSPS) is 21.3. The maximum absolute atomic E-state index is 5.92. The molecule has 0 amide bonds. The molecule has 2 aromatic rings. The van der Waals surface area contributed by atoms with Crippen LogP contribution in [0, 0.1) is 0 Å². The monoisotopic (exact) mass is 351 g/mol. The van der Waals surface area contributed by atoms with Gasteiger partial charge in [-0.25, -0.2) is 0 Å². The van der Waals surface area contributed by atoms with E-state index in [1.165, 1.54) is 5.56 Å². The maximum Gasteiger partial charge on any atom is 0.206 e. The number of quaternary nitrogens is 1. The summed E-state index contributed by atoms with van der Waals surface area (Å²) >= 11 is 3.37. The Labute approximate surface area is 145 Å². The molecule has 7 heteroatoms. The molecule has 2 N–H and O–H groups in total. The third kappa shape index (κ3) is 5.17. The van der Waals surface area contributed by atoms with Crippen LogP contribution in [0.2, 0.25) is 0 Å². The zero-order valence-electron chi connectivity index (χ0n) is 13.3. The molecule has 0 aliphatic carbocycles. The van der Waals surface area contributed by atoms with Gasteiger partial charge < -0.3 is 15.0 Å². The lowest BCUT2D eigenvalue weighted by Gasteiger charge is -2.29. The van der Waals surface area contributed by atoms with Gasteiger partial charge in [-0.3, -0.25) is 0 Å². The van der Waals surface area contributed by atoms with Crippen molar-refractivity contribution in [3.63, 3.8) is 0 Å². The largest absolute Gasteiger partial charge is 0.366 e. The summed E-state index contributed by atoms with van der Waals surface area (Å²) < 4.78 is 6.93. The average Bonchev–Trinajstić information content (AvgIpc) is 3.02. The van der Waals surface area contributed by atoms with E-state index in [1.54, 1.807) is 28.0 Å². The van der Waals surface area contributed by atoms with Gasteiger partial charge >= 0.3 is 0 Å². The molecule has 1 aliphatic heterocycles. The van der Waals surface area contributed by atoms with Gasteiger partial charge in [0.15, 0.2) is 4.34 Å². The second-order valence-corrected chi connectivity index (χ2v) is 7.82. The second kappa shape index (κ2) is 8.63. The van der Waals surface area contributed by atoms with E-state index in [4.69, 9.17) is 4.74 Å². The van der Waals surface area contributed by atoms with Gasteiger partial charge in [-0.05, 0) is 6.92 Å². The van der Waals surface area contributed by atoms with Crippen LogP contribution in [0.4, 0.5) is 5.13 Å². The number of nitrogens with zero attached hydrogens (tertiary/aromatic N) is 2. The fourth-order valence-electron chi connectivity index (χ4n) is 2.66. The third-order valence-electron chi connectivity index (χ3n) is 3.75. The molecule has 0 saturated carbocycles. The quantitative estimate of drug-likeness (QED) is 0.741. The lowest BCUT2D eigenvalue weighted by molar-refractivity contribution is -0.924. The minimum absolute atomic E-state index is 0.291. The molecule has 124 valence electrons. The Bertz CT molecular complexity index is 593. The summed E-state index contributed by atoms with van der Waals surface area (Å²) in [6, 6.07) is 10.7. The molecule has 1 fully saturated rings. The van der Waals surface area contributed by atoms with Crippen molar-refractivity contribution < 1.29 is 9.64 Å². The van der Waals surface area contributed by atoms with E-state index in [2.05, 4.69) is 52.8 Å². The molecule has 1 unspecified atom stereocenters. The summed E-state index contributed by atoms with van der Waals surface area (Å²) in [5.41, 5.74) is 1.40. The van der Waals surface area contributed by atoms with E-state index in [-0.39, 0.29) is 0 Å². The fourth-order valence-corrected chi connectivity index (χ4v) is 4.52. The van der Waals surface area contributed by atoms with Crippen LogP contribution in [0.5, 0.6) is 0 Å².